The van der Waals surface area contributed by atoms with Crippen LogP contribution in [-0.2, 0) is 0 Å². The van der Waals surface area contributed by atoms with E-state index >= 15 is 0 Å². The predicted octanol–water partition coefficient (Wildman–Crippen LogP) is 10.8. The zero-order valence-electron chi connectivity index (χ0n) is 20.7. The Morgan fingerprint density at radius 1 is 0.276 bits per heavy atom. The molecule has 29 heavy (non-hydrogen) atoms. The highest BCUT2D eigenvalue weighted by molar-refractivity contribution is 4.98. The Hall–Kier alpha value is -0.440. The Balaban J connectivity index is 3.08. The summed E-state index contributed by atoms with van der Waals surface area (Å²) in [5.41, 5.74) is 0. The Bertz CT molecular complexity index is 332. The lowest BCUT2D eigenvalue weighted by Crippen LogP contribution is -1.83. The average Bonchev–Trinajstić information content (AvgIpc) is 2.74. The number of unbranched alkanes of at least 4 members (excludes halogenated alkanes) is 23. The first-order valence-corrected chi connectivity index (χ1v) is 13.9. The van der Waals surface area contributed by atoms with Crippen LogP contribution in [0.4, 0.5) is 0 Å². The van der Waals surface area contributed by atoms with Crippen molar-refractivity contribution in [2.75, 3.05) is 0 Å². The van der Waals surface area contributed by atoms with E-state index in [0.717, 1.165) is 12.8 Å². The molecule has 0 amide bonds. The third-order valence-electron chi connectivity index (χ3n) is 6.19. The van der Waals surface area contributed by atoms with Gasteiger partial charge in [-0.25, -0.2) is 0 Å². The lowest BCUT2D eigenvalue weighted by Gasteiger charge is -2.02. The van der Waals surface area contributed by atoms with Gasteiger partial charge >= 0.3 is 0 Å². The molecule has 0 heteroatoms. The zero-order valence-corrected chi connectivity index (χ0v) is 20.7. The second kappa shape index (κ2) is 27.6. The van der Waals surface area contributed by atoms with Crippen molar-refractivity contribution in [2.24, 2.45) is 0 Å². The first kappa shape index (κ1) is 28.6. The van der Waals surface area contributed by atoms with Crippen LogP contribution < -0.4 is 0 Å². The fourth-order valence-corrected chi connectivity index (χ4v) is 4.11. The summed E-state index contributed by atoms with van der Waals surface area (Å²) >= 11 is 0. The highest BCUT2D eigenvalue weighted by Gasteiger charge is 1.94. The van der Waals surface area contributed by atoms with Gasteiger partial charge < -0.3 is 0 Å². The molecule has 0 atom stereocenters. The van der Waals surface area contributed by atoms with Crippen LogP contribution in [0.5, 0.6) is 0 Å². The molecule has 0 heterocycles. The molecular formula is C29H56. The largest absolute Gasteiger partial charge is 0.103 e. The van der Waals surface area contributed by atoms with Crippen molar-refractivity contribution in [2.45, 2.75) is 174 Å². The fourth-order valence-electron chi connectivity index (χ4n) is 4.11. The molecule has 0 spiro atoms. The van der Waals surface area contributed by atoms with Crippen molar-refractivity contribution in [3.63, 3.8) is 0 Å². The Kier molecular flexibility index (Phi) is 27.1. The van der Waals surface area contributed by atoms with E-state index in [1.54, 1.807) is 0 Å². The van der Waals surface area contributed by atoms with Crippen LogP contribution in [0.2, 0.25) is 0 Å². The summed E-state index contributed by atoms with van der Waals surface area (Å²) in [7, 11) is 0. The van der Waals surface area contributed by atoms with Gasteiger partial charge in [0.2, 0.25) is 0 Å². The molecule has 0 aromatic carbocycles. The molecule has 0 aliphatic rings. The van der Waals surface area contributed by atoms with Crippen molar-refractivity contribution in [3.8, 4) is 11.8 Å². The van der Waals surface area contributed by atoms with Crippen LogP contribution in [0.1, 0.15) is 174 Å². The number of rotatable bonds is 23. The molecule has 0 aliphatic carbocycles. The monoisotopic (exact) mass is 404 g/mol. The van der Waals surface area contributed by atoms with Gasteiger partial charge in [-0.2, -0.15) is 0 Å². The molecule has 172 valence electrons. The maximum Gasteiger partial charge on any atom is 0.00886 e. The number of hydrogen-bond acceptors (Lipinski definition) is 0. The topological polar surface area (TPSA) is 0 Å². The third kappa shape index (κ3) is 27.6. The lowest BCUT2D eigenvalue weighted by molar-refractivity contribution is 0.540. The lowest BCUT2D eigenvalue weighted by atomic mass is 10.0. The molecule has 0 saturated heterocycles. The van der Waals surface area contributed by atoms with E-state index in [1.165, 1.54) is 148 Å². The van der Waals surface area contributed by atoms with Gasteiger partial charge in [-0.3, -0.25) is 0 Å². The standard InChI is InChI=1S/C29H56/c1-3-5-7-9-11-13-15-17-19-21-23-25-27-29-28-26-24-22-20-18-16-14-12-10-8-6-4-2/h3-25,27,29H2,1-2H3. The van der Waals surface area contributed by atoms with E-state index in [0.29, 0.717) is 0 Å². The van der Waals surface area contributed by atoms with Gasteiger partial charge in [0.25, 0.3) is 0 Å². The van der Waals surface area contributed by atoms with E-state index < -0.39 is 0 Å². The van der Waals surface area contributed by atoms with Crippen LogP contribution in [0.3, 0.4) is 0 Å². The van der Waals surface area contributed by atoms with Gasteiger partial charge in [0.1, 0.15) is 0 Å². The molecular weight excluding hydrogens is 348 g/mol. The van der Waals surface area contributed by atoms with Crippen molar-refractivity contribution >= 4 is 0 Å². The summed E-state index contributed by atoms with van der Waals surface area (Å²) in [6, 6.07) is 0. The second-order valence-corrected chi connectivity index (χ2v) is 9.28. The van der Waals surface area contributed by atoms with Gasteiger partial charge in [-0.1, -0.05) is 149 Å². The first-order valence-electron chi connectivity index (χ1n) is 13.9. The third-order valence-corrected chi connectivity index (χ3v) is 6.19. The molecule has 0 rings (SSSR count). The Morgan fingerprint density at radius 3 is 0.724 bits per heavy atom. The zero-order chi connectivity index (χ0) is 21.1. The minimum absolute atomic E-state index is 1.13. The van der Waals surface area contributed by atoms with Crippen LogP contribution in [0, 0.1) is 11.8 Å². The molecule has 0 radical (unpaired) electrons. The van der Waals surface area contributed by atoms with Crippen molar-refractivity contribution in [1.82, 2.24) is 0 Å². The van der Waals surface area contributed by atoms with Gasteiger partial charge in [0, 0.05) is 12.8 Å². The molecule has 0 saturated carbocycles. The minimum atomic E-state index is 1.13. The fraction of sp³-hybridized carbons (Fsp3) is 0.931. The quantitative estimate of drug-likeness (QED) is 0.117. The Labute approximate surface area is 186 Å². The SMILES string of the molecule is CCCCCCCCCCCCC#CCCCCCCCCCCCCCCC. The van der Waals surface area contributed by atoms with Crippen LogP contribution in [-0.4, -0.2) is 0 Å². The van der Waals surface area contributed by atoms with Crippen LogP contribution in [0.25, 0.3) is 0 Å². The molecule has 0 bridgehead atoms. The summed E-state index contributed by atoms with van der Waals surface area (Å²) < 4.78 is 0. The smallest absolute Gasteiger partial charge is 0.00886 e. The van der Waals surface area contributed by atoms with Crippen molar-refractivity contribution < 1.29 is 0 Å². The summed E-state index contributed by atoms with van der Waals surface area (Å²) in [4.78, 5) is 0. The molecule has 0 nitrogen and oxygen atoms in total. The first-order chi connectivity index (χ1) is 14.4. The van der Waals surface area contributed by atoms with Gasteiger partial charge in [0.15, 0.2) is 0 Å². The van der Waals surface area contributed by atoms with E-state index in [1.807, 2.05) is 0 Å². The van der Waals surface area contributed by atoms with E-state index in [9.17, 15) is 0 Å². The highest BCUT2D eigenvalue weighted by Crippen LogP contribution is 2.13. The number of hydrogen-bond donors (Lipinski definition) is 0. The van der Waals surface area contributed by atoms with Crippen LogP contribution in [0.15, 0.2) is 0 Å². The average molecular weight is 405 g/mol. The molecule has 0 aromatic rings. The summed E-state index contributed by atoms with van der Waals surface area (Å²) in [5, 5.41) is 0. The maximum atomic E-state index is 3.41. The van der Waals surface area contributed by atoms with Crippen molar-refractivity contribution in [1.29, 1.82) is 0 Å². The van der Waals surface area contributed by atoms with Gasteiger partial charge in [-0.15, -0.1) is 11.8 Å². The predicted molar refractivity (Wildman–Crippen MR) is 135 cm³/mol. The van der Waals surface area contributed by atoms with Crippen LogP contribution >= 0.6 is 0 Å². The molecule has 0 N–H and O–H groups in total. The van der Waals surface area contributed by atoms with E-state index in [4.69, 9.17) is 0 Å². The van der Waals surface area contributed by atoms with Gasteiger partial charge in [-0.05, 0) is 12.8 Å². The molecule has 0 aliphatic heterocycles. The maximum absolute atomic E-state index is 3.41. The summed E-state index contributed by atoms with van der Waals surface area (Å²) in [5.74, 6) is 6.81. The molecule has 0 unspecified atom stereocenters. The van der Waals surface area contributed by atoms with Crippen molar-refractivity contribution in [3.05, 3.63) is 0 Å². The minimum Gasteiger partial charge on any atom is -0.103 e. The molecule has 0 aromatic heterocycles. The highest BCUT2D eigenvalue weighted by atomic mass is 14.0. The normalized spacial score (nSPS) is 10.8. The summed E-state index contributed by atoms with van der Waals surface area (Å²) in [6.07, 6.45) is 35.1. The Morgan fingerprint density at radius 2 is 0.483 bits per heavy atom. The van der Waals surface area contributed by atoms with Gasteiger partial charge in [0.05, 0.1) is 0 Å². The molecule has 0 fully saturated rings. The second-order valence-electron chi connectivity index (χ2n) is 9.28. The van der Waals surface area contributed by atoms with E-state index in [-0.39, 0.29) is 0 Å². The van der Waals surface area contributed by atoms with E-state index in [2.05, 4.69) is 25.7 Å². The summed E-state index contributed by atoms with van der Waals surface area (Å²) in [6.45, 7) is 4.59.